The van der Waals surface area contributed by atoms with E-state index < -0.39 is 17.4 Å². The number of anilines is 1. The molecule has 2 heterocycles. The van der Waals surface area contributed by atoms with Gasteiger partial charge in [-0.3, -0.25) is 9.27 Å². The van der Waals surface area contributed by atoms with Gasteiger partial charge in [0.15, 0.2) is 0 Å². The summed E-state index contributed by atoms with van der Waals surface area (Å²) in [5.74, 6) is 0.269. The van der Waals surface area contributed by atoms with Crippen LogP contribution in [0.5, 0.6) is 5.88 Å². The van der Waals surface area contributed by atoms with Gasteiger partial charge in [0, 0.05) is 30.3 Å². The topological polar surface area (TPSA) is 74.7 Å². The Balaban J connectivity index is 1.80. The zero-order valence-electron chi connectivity index (χ0n) is 11.3. The Labute approximate surface area is 133 Å². The average Bonchev–Trinajstić information content (AvgIpc) is 2.82. The van der Waals surface area contributed by atoms with Crippen molar-refractivity contribution in [2.45, 2.75) is 19.0 Å². The van der Waals surface area contributed by atoms with Crippen LogP contribution >= 0.6 is 15.9 Å². The summed E-state index contributed by atoms with van der Waals surface area (Å²) in [4.78, 5) is 6.12. The minimum absolute atomic E-state index is 0.269. The molecule has 1 saturated heterocycles. The lowest BCUT2D eigenvalue weighted by Gasteiger charge is -2.15. The minimum Gasteiger partial charge on any atom is -0.476 e. The summed E-state index contributed by atoms with van der Waals surface area (Å²) in [5.41, 5.74) is 0.343. The molecule has 1 aromatic rings. The second kappa shape index (κ2) is 8.02. The van der Waals surface area contributed by atoms with Crippen molar-refractivity contribution in [1.82, 2.24) is 9.88 Å². The third-order valence-corrected chi connectivity index (χ3v) is 3.92. The number of likely N-dealkylation sites (tertiary alicyclic amines) is 1. The number of rotatable bonds is 7. The molecule has 0 aromatic carbocycles. The number of hydrogen-bond acceptors (Lipinski definition) is 4. The molecule has 21 heavy (non-hydrogen) atoms. The summed E-state index contributed by atoms with van der Waals surface area (Å²) < 4.78 is 41.3. The van der Waals surface area contributed by atoms with Gasteiger partial charge in [0.05, 0.1) is 6.61 Å². The smallest absolute Gasteiger partial charge is 0.259 e. The van der Waals surface area contributed by atoms with Crippen molar-refractivity contribution < 1.29 is 17.9 Å². The number of nitrogens with one attached hydrogen (secondary N) is 1. The van der Waals surface area contributed by atoms with Crippen LogP contribution in [-0.4, -0.2) is 51.1 Å². The highest BCUT2D eigenvalue weighted by molar-refractivity contribution is 9.10. The predicted molar refractivity (Wildman–Crippen MR) is 82.4 cm³/mol. The number of alkyl halides is 1. The molecular weight excluding hydrogens is 365 g/mol. The zero-order valence-corrected chi connectivity index (χ0v) is 13.7. The summed E-state index contributed by atoms with van der Waals surface area (Å²) in [6.45, 7) is 2.46. The van der Waals surface area contributed by atoms with Gasteiger partial charge in [-0.05, 0) is 34.8 Å². The Morgan fingerprint density at radius 3 is 3.14 bits per heavy atom. The summed E-state index contributed by atoms with van der Waals surface area (Å²) in [5, 5.41) is 0. The van der Waals surface area contributed by atoms with Gasteiger partial charge in [-0.25, -0.2) is 13.6 Å². The quantitative estimate of drug-likeness (QED) is 0.559. The molecule has 0 saturated carbocycles. The maximum Gasteiger partial charge on any atom is 0.259 e. The molecule has 6 nitrogen and oxygen atoms in total. The van der Waals surface area contributed by atoms with Crippen LogP contribution in [0.25, 0.3) is 0 Å². The molecule has 1 aromatic heterocycles. The highest BCUT2D eigenvalue weighted by Crippen LogP contribution is 2.25. The van der Waals surface area contributed by atoms with E-state index in [0.717, 1.165) is 19.5 Å². The lowest BCUT2D eigenvalue weighted by molar-refractivity contribution is 0.245. The fourth-order valence-corrected chi connectivity index (χ4v) is 2.82. The van der Waals surface area contributed by atoms with Crippen molar-refractivity contribution in [2.24, 2.45) is 0 Å². The predicted octanol–water partition coefficient (Wildman–Crippen LogP) is 2.21. The number of aromatic nitrogens is 1. The molecule has 1 aliphatic heterocycles. The Hall–Kier alpha value is -0.770. The van der Waals surface area contributed by atoms with E-state index in [1.807, 2.05) is 0 Å². The standard InChI is InChI=1S/C12H17BrFN3O3S/c13-9-6-11(16-21(18)19)12(15-7-9)20-5-1-3-17-4-2-10(14)8-17/h6-7,10,16H,1-5,8H2,(H,18,19). The molecule has 1 fully saturated rings. The lowest BCUT2D eigenvalue weighted by Crippen LogP contribution is -2.23. The number of hydrogen-bond donors (Lipinski definition) is 2. The molecule has 0 bridgehead atoms. The van der Waals surface area contributed by atoms with Crippen LogP contribution in [0.4, 0.5) is 10.1 Å². The molecule has 118 valence electrons. The van der Waals surface area contributed by atoms with Gasteiger partial charge in [-0.2, -0.15) is 0 Å². The monoisotopic (exact) mass is 381 g/mol. The Morgan fingerprint density at radius 1 is 1.67 bits per heavy atom. The fraction of sp³-hybridized carbons (Fsp3) is 0.583. The van der Waals surface area contributed by atoms with Crippen LogP contribution in [0.1, 0.15) is 12.8 Å². The average molecular weight is 382 g/mol. The highest BCUT2D eigenvalue weighted by Gasteiger charge is 2.20. The van der Waals surface area contributed by atoms with E-state index in [2.05, 4.69) is 30.5 Å². The largest absolute Gasteiger partial charge is 0.476 e. The molecule has 0 aliphatic carbocycles. The molecule has 1 aliphatic rings. The SMILES string of the molecule is O=S(O)Nc1cc(Br)cnc1OCCCN1CCC(F)C1. The van der Waals surface area contributed by atoms with E-state index in [1.165, 1.54) is 0 Å². The van der Waals surface area contributed by atoms with Gasteiger partial charge < -0.3 is 9.64 Å². The van der Waals surface area contributed by atoms with Crippen molar-refractivity contribution in [1.29, 1.82) is 0 Å². The zero-order chi connectivity index (χ0) is 15.2. The molecule has 0 radical (unpaired) electrons. The molecule has 2 rings (SSSR count). The van der Waals surface area contributed by atoms with Crippen molar-refractivity contribution >= 4 is 32.9 Å². The molecule has 0 spiro atoms. The van der Waals surface area contributed by atoms with Crippen LogP contribution < -0.4 is 9.46 Å². The summed E-state index contributed by atoms with van der Waals surface area (Å²) in [7, 11) is 0. The van der Waals surface area contributed by atoms with Crippen LogP contribution in [0.15, 0.2) is 16.7 Å². The summed E-state index contributed by atoms with van der Waals surface area (Å²) >= 11 is 1.05. The first-order valence-corrected chi connectivity index (χ1v) is 8.47. The van der Waals surface area contributed by atoms with Crippen LogP contribution in [-0.2, 0) is 11.3 Å². The molecule has 2 N–H and O–H groups in total. The summed E-state index contributed by atoms with van der Waals surface area (Å²) in [6, 6.07) is 1.62. The van der Waals surface area contributed by atoms with Gasteiger partial charge in [0.2, 0.25) is 5.88 Å². The second-order valence-electron chi connectivity index (χ2n) is 4.75. The Morgan fingerprint density at radius 2 is 2.48 bits per heavy atom. The van der Waals surface area contributed by atoms with Crippen molar-refractivity contribution in [3.63, 3.8) is 0 Å². The van der Waals surface area contributed by atoms with E-state index in [1.54, 1.807) is 12.3 Å². The molecule has 2 unspecified atom stereocenters. The van der Waals surface area contributed by atoms with Crippen LogP contribution in [0, 0.1) is 0 Å². The Kier molecular flexibility index (Phi) is 6.34. The molecule has 0 amide bonds. The van der Waals surface area contributed by atoms with Gasteiger partial charge >= 0.3 is 0 Å². The first-order valence-electron chi connectivity index (χ1n) is 6.57. The number of nitrogens with zero attached hydrogens (tertiary/aromatic N) is 2. The second-order valence-corrected chi connectivity index (χ2v) is 6.36. The molecule has 2 atom stereocenters. The first kappa shape index (κ1) is 16.6. The summed E-state index contributed by atoms with van der Waals surface area (Å²) in [6.07, 6.45) is 2.18. The van der Waals surface area contributed by atoms with E-state index in [9.17, 15) is 8.60 Å². The van der Waals surface area contributed by atoms with Crippen molar-refractivity contribution in [2.75, 3.05) is 31.0 Å². The minimum atomic E-state index is -2.19. The molecular formula is C12H17BrFN3O3S. The third-order valence-electron chi connectivity index (χ3n) is 3.09. The van der Waals surface area contributed by atoms with Gasteiger partial charge in [0.1, 0.15) is 11.9 Å². The number of pyridine rings is 1. The van der Waals surface area contributed by atoms with Crippen molar-refractivity contribution in [3.8, 4) is 5.88 Å². The maximum atomic E-state index is 13.0. The maximum absolute atomic E-state index is 13.0. The third kappa shape index (κ3) is 5.50. The number of halogens is 2. The van der Waals surface area contributed by atoms with Crippen molar-refractivity contribution in [3.05, 3.63) is 16.7 Å². The first-order chi connectivity index (χ1) is 10.0. The van der Waals surface area contributed by atoms with Gasteiger partial charge in [-0.15, -0.1) is 0 Å². The van der Waals surface area contributed by atoms with E-state index in [0.29, 0.717) is 29.7 Å². The lowest BCUT2D eigenvalue weighted by atomic mass is 10.3. The number of ether oxygens (including phenoxy) is 1. The van der Waals surface area contributed by atoms with Gasteiger partial charge in [-0.1, -0.05) is 0 Å². The van der Waals surface area contributed by atoms with Gasteiger partial charge in [0.25, 0.3) is 11.3 Å². The van der Waals surface area contributed by atoms with Crippen LogP contribution in [0.3, 0.4) is 0 Å². The molecule has 9 heteroatoms. The van der Waals surface area contributed by atoms with E-state index >= 15 is 0 Å². The highest BCUT2D eigenvalue weighted by atomic mass is 79.9. The van der Waals surface area contributed by atoms with Crippen LogP contribution in [0.2, 0.25) is 0 Å². The van der Waals surface area contributed by atoms with E-state index in [-0.39, 0.29) is 5.88 Å². The fourth-order valence-electron chi connectivity index (χ4n) is 2.15. The normalized spacial score (nSPS) is 20.4. The van der Waals surface area contributed by atoms with E-state index in [4.69, 9.17) is 9.29 Å². The Bertz CT molecular complexity index is 509.